The molecule has 0 saturated heterocycles. The van der Waals surface area contributed by atoms with Gasteiger partial charge in [0.15, 0.2) is 0 Å². The van der Waals surface area contributed by atoms with Crippen molar-refractivity contribution in [3.63, 3.8) is 0 Å². The Morgan fingerprint density at radius 3 is 2.76 bits per heavy atom. The largest absolute Gasteiger partial charge is 0.444 e. The van der Waals surface area contributed by atoms with Crippen molar-refractivity contribution in [1.29, 1.82) is 0 Å². The molecule has 118 valence electrons. The zero-order chi connectivity index (χ0) is 15.9. The Morgan fingerprint density at radius 2 is 2.19 bits per heavy atom. The average molecular weight is 294 g/mol. The highest BCUT2D eigenvalue weighted by molar-refractivity contribution is 5.67. The first kappa shape index (κ1) is 17.4. The predicted molar refractivity (Wildman–Crippen MR) is 81.8 cm³/mol. The summed E-state index contributed by atoms with van der Waals surface area (Å²) in [6, 6.07) is 1.88. The third-order valence-electron chi connectivity index (χ3n) is 2.73. The van der Waals surface area contributed by atoms with Crippen LogP contribution in [-0.2, 0) is 11.3 Å². The summed E-state index contributed by atoms with van der Waals surface area (Å²) < 4.78 is 5.32. The molecule has 0 saturated carbocycles. The smallest absolute Gasteiger partial charge is 0.410 e. The minimum absolute atomic E-state index is 0.287. The van der Waals surface area contributed by atoms with Crippen LogP contribution in [0.25, 0.3) is 0 Å². The van der Waals surface area contributed by atoms with Gasteiger partial charge in [0, 0.05) is 26.3 Å². The van der Waals surface area contributed by atoms with E-state index >= 15 is 0 Å². The van der Waals surface area contributed by atoms with Crippen LogP contribution >= 0.6 is 0 Å². The Kier molecular flexibility index (Phi) is 6.55. The monoisotopic (exact) mass is 294 g/mol. The highest BCUT2D eigenvalue weighted by atomic mass is 16.6. The van der Waals surface area contributed by atoms with Crippen LogP contribution in [0.3, 0.4) is 0 Å². The van der Waals surface area contributed by atoms with Gasteiger partial charge in [-0.15, -0.1) is 0 Å². The van der Waals surface area contributed by atoms with E-state index in [1.807, 2.05) is 26.8 Å². The number of amides is 1. The van der Waals surface area contributed by atoms with Gasteiger partial charge in [-0.25, -0.2) is 14.8 Å². The molecule has 0 aliphatic rings. The van der Waals surface area contributed by atoms with Gasteiger partial charge in [0.2, 0.25) is 0 Å². The van der Waals surface area contributed by atoms with Crippen LogP contribution in [-0.4, -0.2) is 46.7 Å². The fourth-order valence-corrected chi connectivity index (χ4v) is 1.82. The molecule has 0 fully saturated rings. The molecule has 1 N–H and O–H groups in total. The van der Waals surface area contributed by atoms with Gasteiger partial charge in [0.1, 0.15) is 11.9 Å². The lowest BCUT2D eigenvalue weighted by Gasteiger charge is -2.26. The van der Waals surface area contributed by atoms with Crippen LogP contribution in [0.15, 0.2) is 18.6 Å². The van der Waals surface area contributed by atoms with E-state index in [1.54, 1.807) is 18.1 Å². The van der Waals surface area contributed by atoms with Crippen molar-refractivity contribution in [2.24, 2.45) is 5.92 Å². The number of aromatic nitrogens is 2. The number of carbonyl (C=O) groups is 1. The SMILES string of the molecule is CC(CNCc1ccncn1)CN(C)C(=O)OC(C)(C)C. The standard InChI is InChI=1S/C15H26N4O2/c1-12(8-17-9-13-6-7-16-11-18-13)10-19(5)14(20)21-15(2,3)4/h6-7,11-12,17H,8-10H2,1-5H3. The summed E-state index contributed by atoms with van der Waals surface area (Å²) in [5.41, 5.74) is 0.498. The number of hydrogen-bond acceptors (Lipinski definition) is 5. The van der Waals surface area contributed by atoms with E-state index in [9.17, 15) is 4.79 Å². The van der Waals surface area contributed by atoms with E-state index in [4.69, 9.17) is 4.74 Å². The van der Waals surface area contributed by atoms with E-state index in [0.29, 0.717) is 19.0 Å². The van der Waals surface area contributed by atoms with E-state index in [2.05, 4.69) is 22.2 Å². The number of carbonyl (C=O) groups excluding carboxylic acids is 1. The Balaban J connectivity index is 2.26. The van der Waals surface area contributed by atoms with Crippen LogP contribution in [0.4, 0.5) is 4.79 Å². The Labute approximate surface area is 126 Å². The van der Waals surface area contributed by atoms with Crippen LogP contribution in [0.5, 0.6) is 0 Å². The average Bonchev–Trinajstić information content (AvgIpc) is 2.37. The zero-order valence-corrected chi connectivity index (χ0v) is 13.6. The predicted octanol–water partition coefficient (Wildman–Crippen LogP) is 2.07. The molecule has 0 aromatic carbocycles. The lowest BCUT2D eigenvalue weighted by atomic mass is 10.1. The summed E-state index contributed by atoms with van der Waals surface area (Å²) in [6.07, 6.45) is 2.98. The van der Waals surface area contributed by atoms with Crippen LogP contribution in [0.1, 0.15) is 33.4 Å². The first-order valence-corrected chi connectivity index (χ1v) is 7.17. The lowest BCUT2D eigenvalue weighted by molar-refractivity contribution is 0.0277. The van der Waals surface area contributed by atoms with E-state index < -0.39 is 5.60 Å². The molecule has 1 atom stereocenters. The van der Waals surface area contributed by atoms with Crippen molar-refractivity contribution in [2.45, 2.75) is 39.8 Å². The zero-order valence-electron chi connectivity index (χ0n) is 13.6. The minimum Gasteiger partial charge on any atom is -0.444 e. The van der Waals surface area contributed by atoms with Gasteiger partial charge < -0.3 is 15.0 Å². The second kappa shape index (κ2) is 7.93. The fraction of sp³-hybridized carbons (Fsp3) is 0.667. The third kappa shape index (κ3) is 7.60. The molecule has 6 heteroatoms. The quantitative estimate of drug-likeness (QED) is 0.870. The number of ether oxygens (including phenoxy) is 1. The van der Waals surface area contributed by atoms with Crippen molar-refractivity contribution in [2.75, 3.05) is 20.1 Å². The Hall–Kier alpha value is -1.69. The fourth-order valence-electron chi connectivity index (χ4n) is 1.82. The Bertz CT molecular complexity index is 431. The molecule has 0 radical (unpaired) electrons. The number of nitrogens with zero attached hydrogens (tertiary/aromatic N) is 3. The maximum absolute atomic E-state index is 11.9. The second-order valence-electron chi connectivity index (χ2n) is 6.30. The molecule has 0 spiro atoms. The highest BCUT2D eigenvalue weighted by Gasteiger charge is 2.20. The normalized spacial score (nSPS) is 12.8. The second-order valence-corrected chi connectivity index (χ2v) is 6.30. The van der Waals surface area contributed by atoms with Crippen LogP contribution in [0, 0.1) is 5.92 Å². The molecule has 1 aromatic rings. The summed E-state index contributed by atoms with van der Waals surface area (Å²) in [5, 5.41) is 3.32. The molecule has 1 amide bonds. The van der Waals surface area contributed by atoms with Gasteiger partial charge >= 0.3 is 6.09 Å². The van der Waals surface area contributed by atoms with Gasteiger partial charge in [-0.05, 0) is 39.3 Å². The summed E-state index contributed by atoms with van der Waals surface area (Å²) in [4.78, 5) is 21.5. The van der Waals surface area contributed by atoms with Crippen molar-refractivity contribution < 1.29 is 9.53 Å². The minimum atomic E-state index is -0.458. The van der Waals surface area contributed by atoms with Gasteiger partial charge in [0.25, 0.3) is 0 Å². The summed E-state index contributed by atoms with van der Waals surface area (Å²) in [5.74, 6) is 0.323. The first-order valence-electron chi connectivity index (χ1n) is 7.17. The molecular weight excluding hydrogens is 268 g/mol. The van der Waals surface area contributed by atoms with E-state index in [1.165, 1.54) is 6.33 Å². The molecule has 0 aliphatic heterocycles. The van der Waals surface area contributed by atoms with E-state index in [0.717, 1.165) is 12.2 Å². The van der Waals surface area contributed by atoms with Crippen LogP contribution < -0.4 is 5.32 Å². The Morgan fingerprint density at radius 1 is 1.48 bits per heavy atom. The van der Waals surface area contributed by atoms with Crippen molar-refractivity contribution in [3.8, 4) is 0 Å². The molecular formula is C15H26N4O2. The number of hydrogen-bond donors (Lipinski definition) is 1. The maximum atomic E-state index is 11.9. The van der Waals surface area contributed by atoms with Gasteiger partial charge in [-0.3, -0.25) is 0 Å². The molecule has 1 rings (SSSR count). The highest BCUT2D eigenvalue weighted by Crippen LogP contribution is 2.10. The maximum Gasteiger partial charge on any atom is 0.410 e. The molecule has 21 heavy (non-hydrogen) atoms. The van der Waals surface area contributed by atoms with Gasteiger partial charge in [-0.1, -0.05) is 6.92 Å². The lowest BCUT2D eigenvalue weighted by Crippen LogP contribution is -2.38. The van der Waals surface area contributed by atoms with E-state index in [-0.39, 0.29) is 6.09 Å². The first-order chi connectivity index (χ1) is 9.78. The molecule has 1 heterocycles. The summed E-state index contributed by atoms with van der Waals surface area (Å²) in [6.45, 7) is 9.84. The molecule has 0 aliphatic carbocycles. The van der Waals surface area contributed by atoms with Gasteiger partial charge in [-0.2, -0.15) is 0 Å². The number of nitrogens with one attached hydrogen (secondary N) is 1. The van der Waals surface area contributed by atoms with Crippen molar-refractivity contribution in [3.05, 3.63) is 24.3 Å². The topological polar surface area (TPSA) is 67.4 Å². The number of rotatable bonds is 6. The molecule has 1 aromatic heterocycles. The molecule has 6 nitrogen and oxygen atoms in total. The van der Waals surface area contributed by atoms with Crippen molar-refractivity contribution in [1.82, 2.24) is 20.2 Å². The van der Waals surface area contributed by atoms with Gasteiger partial charge in [0.05, 0.1) is 5.69 Å². The summed E-state index contributed by atoms with van der Waals surface area (Å²) >= 11 is 0. The molecule has 1 unspecified atom stereocenters. The van der Waals surface area contributed by atoms with Crippen LogP contribution in [0.2, 0.25) is 0 Å². The summed E-state index contributed by atoms with van der Waals surface area (Å²) in [7, 11) is 1.76. The van der Waals surface area contributed by atoms with Crippen molar-refractivity contribution >= 4 is 6.09 Å². The molecule has 0 bridgehead atoms. The third-order valence-corrected chi connectivity index (χ3v) is 2.73.